The van der Waals surface area contributed by atoms with Gasteiger partial charge in [0.1, 0.15) is 0 Å². The molecular weight excluding hydrogens is 462 g/mol. The third kappa shape index (κ3) is 5.52. The first-order chi connectivity index (χ1) is 16.7. The molecule has 0 unspecified atom stereocenters. The molecule has 1 amide bonds. The SMILES string of the molecule is CN(Cc1ccc(-c2cnc(N)[nH]2)cc1)C(=O)Cc1ccc(N(C)S(=O)(=O)c2ccccc2)cc1. The number of nitrogens with one attached hydrogen (secondary N) is 1. The summed E-state index contributed by atoms with van der Waals surface area (Å²) in [5, 5.41) is 0. The van der Waals surface area contributed by atoms with Crippen molar-refractivity contribution in [1.82, 2.24) is 14.9 Å². The van der Waals surface area contributed by atoms with Crippen molar-refractivity contribution in [1.29, 1.82) is 0 Å². The van der Waals surface area contributed by atoms with Crippen molar-refractivity contribution in [2.75, 3.05) is 24.1 Å². The summed E-state index contributed by atoms with van der Waals surface area (Å²) in [6.07, 6.45) is 1.90. The second kappa shape index (κ2) is 10.0. The molecule has 0 aliphatic heterocycles. The number of benzene rings is 3. The second-order valence-corrected chi connectivity index (χ2v) is 10.2. The molecule has 180 valence electrons. The summed E-state index contributed by atoms with van der Waals surface area (Å²) in [5.41, 5.74) is 9.77. The molecule has 1 aromatic heterocycles. The quantitative estimate of drug-likeness (QED) is 0.392. The van der Waals surface area contributed by atoms with Crippen molar-refractivity contribution in [2.24, 2.45) is 0 Å². The lowest BCUT2D eigenvalue weighted by Gasteiger charge is -2.20. The zero-order valence-electron chi connectivity index (χ0n) is 19.5. The molecule has 0 aliphatic rings. The fourth-order valence-corrected chi connectivity index (χ4v) is 4.87. The van der Waals surface area contributed by atoms with E-state index < -0.39 is 10.0 Å². The molecule has 0 aliphatic carbocycles. The van der Waals surface area contributed by atoms with Crippen LogP contribution in [0.2, 0.25) is 0 Å². The molecule has 1 heterocycles. The summed E-state index contributed by atoms with van der Waals surface area (Å²) < 4.78 is 26.9. The molecule has 3 N–H and O–H groups in total. The van der Waals surface area contributed by atoms with Crippen molar-refractivity contribution in [3.05, 3.63) is 96.2 Å². The standard InChI is InChI=1S/C26H27N5O3S/c1-30(18-20-8-12-21(13-9-20)24-17-28-26(27)29-24)25(32)16-19-10-14-22(15-11-19)31(2)35(33,34)23-6-4-3-5-7-23/h3-15,17H,16,18H2,1-2H3,(H3,27,28,29). The van der Waals surface area contributed by atoms with Crippen LogP contribution in [0.3, 0.4) is 0 Å². The van der Waals surface area contributed by atoms with Crippen molar-refractivity contribution < 1.29 is 13.2 Å². The number of nitrogen functional groups attached to an aromatic ring is 1. The fraction of sp³-hybridized carbons (Fsp3) is 0.154. The number of imidazole rings is 1. The Labute approximate surface area is 205 Å². The Kier molecular flexibility index (Phi) is 6.88. The van der Waals surface area contributed by atoms with Gasteiger partial charge < -0.3 is 15.6 Å². The van der Waals surface area contributed by atoms with E-state index in [1.807, 2.05) is 24.3 Å². The average Bonchev–Trinajstić information content (AvgIpc) is 3.31. The zero-order chi connectivity index (χ0) is 25.0. The number of aromatic amines is 1. The van der Waals surface area contributed by atoms with E-state index in [0.29, 0.717) is 18.2 Å². The van der Waals surface area contributed by atoms with Crippen LogP contribution < -0.4 is 10.0 Å². The van der Waals surface area contributed by atoms with E-state index in [1.54, 1.807) is 72.7 Å². The van der Waals surface area contributed by atoms with Crippen LogP contribution in [0.5, 0.6) is 0 Å². The van der Waals surface area contributed by atoms with Crippen LogP contribution in [0, 0.1) is 0 Å². The van der Waals surface area contributed by atoms with E-state index in [-0.39, 0.29) is 17.2 Å². The van der Waals surface area contributed by atoms with Crippen LogP contribution in [-0.2, 0) is 27.8 Å². The number of carbonyl (C=O) groups excluding carboxylic acids is 1. The van der Waals surface area contributed by atoms with E-state index in [9.17, 15) is 13.2 Å². The lowest BCUT2D eigenvalue weighted by Crippen LogP contribution is -2.28. The largest absolute Gasteiger partial charge is 0.369 e. The van der Waals surface area contributed by atoms with Crippen LogP contribution in [0.15, 0.2) is 90.0 Å². The summed E-state index contributed by atoms with van der Waals surface area (Å²) in [4.78, 5) is 21.7. The molecule has 0 radical (unpaired) electrons. The zero-order valence-corrected chi connectivity index (χ0v) is 20.4. The molecule has 0 bridgehead atoms. The predicted molar refractivity (Wildman–Crippen MR) is 137 cm³/mol. The number of sulfonamides is 1. The summed E-state index contributed by atoms with van der Waals surface area (Å²) in [5.74, 6) is 0.334. The number of aromatic nitrogens is 2. The molecule has 35 heavy (non-hydrogen) atoms. The molecule has 0 fully saturated rings. The first kappa shape index (κ1) is 24.0. The molecule has 8 nitrogen and oxygen atoms in total. The van der Waals surface area contributed by atoms with Crippen LogP contribution in [0.4, 0.5) is 11.6 Å². The van der Waals surface area contributed by atoms with Gasteiger partial charge in [0.15, 0.2) is 5.95 Å². The highest BCUT2D eigenvalue weighted by Gasteiger charge is 2.21. The fourth-order valence-electron chi connectivity index (χ4n) is 3.66. The van der Waals surface area contributed by atoms with E-state index in [4.69, 9.17) is 5.73 Å². The summed E-state index contributed by atoms with van der Waals surface area (Å²) in [6, 6.07) is 23.1. The van der Waals surface area contributed by atoms with Gasteiger partial charge in [-0.05, 0) is 41.0 Å². The van der Waals surface area contributed by atoms with Crippen LogP contribution in [-0.4, -0.2) is 43.3 Å². The number of hydrogen-bond donors (Lipinski definition) is 2. The molecule has 0 atom stereocenters. The topological polar surface area (TPSA) is 112 Å². The van der Waals surface area contributed by atoms with Gasteiger partial charge in [-0.3, -0.25) is 9.10 Å². The maximum Gasteiger partial charge on any atom is 0.264 e. The number of anilines is 2. The Bertz CT molecular complexity index is 1400. The lowest BCUT2D eigenvalue weighted by atomic mass is 10.1. The maximum atomic E-state index is 12.8. The third-order valence-corrected chi connectivity index (χ3v) is 7.56. The highest BCUT2D eigenvalue weighted by molar-refractivity contribution is 7.92. The highest BCUT2D eigenvalue weighted by atomic mass is 32.2. The normalized spacial score (nSPS) is 11.3. The molecule has 3 aromatic carbocycles. The van der Waals surface area contributed by atoms with Crippen LogP contribution in [0.25, 0.3) is 11.3 Å². The molecule has 4 rings (SSSR count). The molecule has 9 heteroatoms. The predicted octanol–water partition coefficient (Wildman–Crippen LogP) is 3.69. The van der Waals surface area contributed by atoms with Gasteiger partial charge in [-0.1, -0.05) is 54.6 Å². The molecule has 0 saturated carbocycles. The van der Waals surface area contributed by atoms with E-state index in [0.717, 1.165) is 22.4 Å². The van der Waals surface area contributed by atoms with Gasteiger partial charge in [0.05, 0.1) is 28.9 Å². The van der Waals surface area contributed by atoms with Gasteiger partial charge in [0.2, 0.25) is 5.91 Å². The smallest absolute Gasteiger partial charge is 0.264 e. The Balaban J connectivity index is 1.36. The number of H-pyrrole nitrogens is 1. The molecule has 4 aromatic rings. The summed E-state index contributed by atoms with van der Waals surface area (Å²) in [6.45, 7) is 0.473. The Morgan fingerprint density at radius 1 is 0.914 bits per heavy atom. The Morgan fingerprint density at radius 2 is 1.54 bits per heavy atom. The molecule has 0 spiro atoms. The van der Waals surface area contributed by atoms with Crippen molar-refractivity contribution in [3.8, 4) is 11.3 Å². The Hall–Kier alpha value is -4.11. The number of nitrogens with two attached hydrogens (primary N) is 1. The van der Waals surface area contributed by atoms with Crippen molar-refractivity contribution in [3.63, 3.8) is 0 Å². The lowest BCUT2D eigenvalue weighted by molar-refractivity contribution is -0.129. The number of hydrogen-bond acceptors (Lipinski definition) is 5. The minimum absolute atomic E-state index is 0.0339. The Morgan fingerprint density at radius 3 is 2.14 bits per heavy atom. The van der Waals surface area contributed by atoms with Gasteiger partial charge in [0.25, 0.3) is 10.0 Å². The maximum absolute atomic E-state index is 12.8. The van der Waals surface area contributed by atoms with E-state index >= 15 is 0 Å². The van der Waals surface area contributed by atoms with Crippen LogP contribution >= 0.6 is 0 Å². The summed E-state index contributed by atoms with van der Waals surface area (Å²) >= 11 is 0. The van der Waals surface area contributed by atoms with E-state index in [2.05, 4.69) is 9.97 Å². The number of likely N-dealkylation sites (N-methyl/N-ethyl adjacent to an activating group) is 1. The van der Waals surface area contributed by atoms with Gasteiger partial charge in [-0.2, -0.15) is 0 Å². The highest BCUT2D eigenvalue weighted by Crippen LogP contribution is 2.23. The first-order valence-corrected chi connectivity index (χ1v) is 12.4. The number of nitrogens with zero attached hydrogens (tertiary/aromatic N) is 3. The number of carbonyl (C=O) groups is 1. The molecule has 0 saturated heterocycles. The second-order valence-electron chi connectivity index (χ2n) is 8.26. The van der Waals surface area contributed by atoms with Gasteiger partial charge in [-0.15, -0.1) is 0 Å². The molecular formula is C26H27N5O3S. The average molecular weight is 490 g/mol. The first-order valence-electron chi connectivity index (χ1n) is 11.0. The van der Waals surface area contributed by atoms with Gasteiger partial charge in [-0.25, -0.2) is 13.4 Å². The summed E-state index contributed by atoms with van der Waals surface area (Å²) in [7, 11) is -0.368. The van der Waals surface area contributed by atoms with Crippen molar-refractivity contribution in [2.45, 2.75) is 17.9 Å². The van der Waals surface area contributed by atoms with Gasteiger partial charge in [0, 0.05) is 20.6 Å². The third-order valence-electron chi connectivity index (χ3n) is 5.76. The number of amides is 1. The van der Waals surface area contributed by atoms with Gasteiger partial charge >= 0.3 is 0 Å². The van der Waals surface area contributed by atoms with Crippen LogP contribution in [0.1, 0.15) is 11.1 Å². The van der Waals surface area contributed by atoms with E-state index in [1.165, 1.54) is 11.4 Å². The minimum atomic E-state index is -3.65. The number of rotatable bonds is 8. The minimum Gasteiger partial charge on any atom is -0.369 e. The van der Waals surface area contributed by atoms with Crippen molar-refractivity contribution >= 4 is 27.6 Å². The monoisotopic (exact) mass is 489 g/mol.